The average Bonchev–Trinajstić information content (AvgIpc) is 2.99. The molecule has 3 heterocycles. The Kier molecular flexibility index (Phi) is 4.73. The summed E-state index contributed by atoms with van der Waals surface area (Å²) < 4.78 is 7.25. The Balaban J connectivity index is 1.80. The van der Waals surface area contributed by atoms with E-state index in [2.05, 4.69) is 52.6 Å². The molecule has 3 rings (SSSR count). The van der Waals surface area contributed by atoms with Crippen LogP contribution >= 0.6 is 0 Å². The molecule has 1 unspecified atom stereocenters. The van der Waals surface area contributed by atoms with Crippen LogP contribution < -0.4 is 4.90 Å². The van der Waals surface area contributed by atoms with Crippen LogP contribution in [0.5, 0.6) is 0 Å². The molecule has 7 nitrogen and oxygen atoms in total. The van der Waals surface area contributed by atoms with E-state index in [-0.39, 0.29) is 5.54 Å². The van der Waals surface area contributed by atoms with Crippen molar-refractivity contribution in [2.75, 3.05) is 44.8 Å². The van der Waals surface area contributed by atoms with Crippen LogP contribution in [-0.4, -0.2) is 70.6 Å². The molecule has 2 aromatic rings. The average molecular weight is 332 g/mol. The molecule has 2 aromatic heterocycles. The van der Waals surface area contributed by atoms with Crippen molar-refractivity contribution >= 4 is 16.9 Å². The summed E-state index contributed by atoms with van der Waals surface area (Å²) in [6.07, 6.45) is 3.55. The molecule has 7 heteroatoms. The van der Waals surface area contributed by atoms with E-state index in [1.165, 1.54) is 0 Å². The predicted octanol–water partition coefficient (Wildman–Crippen LogP) is 1.74. The first-order chi connectivity index (χ1) is 11.4. The zero-order valence-electron chi connectivity index (χ0n) is 15.4. The number of fused-ring (bicyclic) bond motifs is 1. The lowest BCUT2D eigenvalue weighted by Crippen LogP contribution is -2.51. The molecule has 0 radical (unpaired) electrons. The number of aromatic nitrogens is 4. The molecule has 1 atom stereocenters. The van der Waals surface area contributed by atoms with Crippen LogP contribution in [0.1, 0.15) is 27.7 Å². The fraction of sp³-hybridized carbons (Fsp3) is 0.706. The molecule has 0 aromatic carbocycles. The number of anilines is 1. The number of rotatable bonds is 4. The summed E-state index contributed by atoms with van der Waals surface area (Å²) in [4.78, 5) is 13.8. The molecule has 0 aliphatic carbocycles. The van der Waals surface area contributed by atoms with Crippen LogP contribution in [0, 0.1) is 0 Å². The highest BCUT2D eigenvalue weighted by molar-refractivity contribution is 5.86. The molecular weight excluding hydrogens is 304 g/mol. The SMILES string of the molecule is COCC(C)N1CCN(c2ncnc3c2cnn3C(C)(C)C)CC1. The molecule has 0 bridgehead atoms. The smallest absolute Gasteiger partial charge is 0.163 e. The highest BCUT2D eigenvalue weighted by Gasteiger charge is 2.25. The first-order valence-corrected chi connectivity index (χ1v) is 8.59. The molecule has 24 heavy (non-hydrogen) atoms. The highest BCUT2D eigenvalue weighted by Crippen LogP contribution is 2.27. The molecule has 1 aliphatic heterocycles. The van der Waals surface area contributed by atoms with Crippen LogP contribution in [0.25, 0.3) is 11.0 Å². The quantitative estimate of drug-likeness (QED) is 0.850. The minimum Gasteiger partial charge on any atom is -0.383 e. The summed E-state index contributed by atoms with van der Waals surface area (Å²) in [6, 6.07) is 0.450. The van der Waals surface area contributed by atoms with Gasteiger partial charge in [-0.25, -0.2) is 14.6 Å². The number of piperazine rings is 1. The van der Waals surface area contributed by atoms with Gasteiger partial charge in [0.2, 0.25) is 0 Å². The zero-order valence-corrected chi connectivity index (χ0v) is 15.4. The molecule has 1 fully saturated rings. The maximum Gasteiger partial charge on any atom is 0.163 e. The second kappa shape index (κ2) is 6.64. The Morgan fingerprint density at radius 1 is 1.17 bits per heavy atom. The number of nitrogens with zero attached hydrogens (tertiary/aromatic N) is 6. The summed E-state index contributed by atoms with van der Waals surface area (Å²) in [6.45, 7) is 13.4. The second-order valence-corrected chi connectivity index (χ2v) is 7.49. The first kappa shape index (κ1) is 17.1. The summed E-state index contributed by atoms with van der Waals surface area (Å²) in [5.74, 6) is 0.995. The van der Waals surface area contributed by atoms with Gasteiger partial charge in [0.25, 0.3) is 0 Å². The number of ether oxygens (including phenoxy) is 1. The second-order valence-electron chi connectivity index (χ2n) is 7.49. The first-order valence-electron chi connectivity index (χ1n) is 8.59. The van der Waals surface area contributed by atoms with E-state index in [4.69, 9.17) is 4.74 Å². The van der Waals surface area contributed by atoms with Crippen molar-refractivity contribution in [3.05, 3.63) is 12.5 Å². The van der Waals surface area contributed by atoms with Gasteiger partial charge in [0, 0.05) is 39.3 Å². The Bertz CT molecular complexity index is 684. The van der Waals surface area contributed by atoms with E-state index < -0.39 is 0 Å². The summed E-state index contributed by atoms with van der Waals surface area (Å²) in [5, 5.41) is 5.58. The highest BCUT2D eigenvalue weighted by atomic mass is 16.5. The van der Waals surface area contributed by atoms with Gasteiger partial charge in [0.05, 0.1) is 23.7 Å². The fourth-order valence-corrected chi connectivity index (χ4v) is 3.30. The molecule has 0 N–H and O–H groups in total. The van der Waals surface area contributed by atoms with Gasteiger partial charge in [-0.15, -0.1) is 0 Å². The minimum atomic E-state index is -0.0956. The Labute approximate surface area is 143 Å². The lowest BCUT2D eigenvalue weighted by Gasteiger charge is -2.38. The molecule has 0 amide bonds. The van der Waals surface area contributed by atoms with E-state index in [9.17, 15) is 0 Å². The molecule has 1 aliphatic rings. The summed E-state index contributed by atoms with van der Waals surface area (Å²) in [7, 11) is 1.76. The van der Waals surface area contributed by atoms with Crippen molar-refractivity contribution in [1.29, 1.82) is 0 Å². The maximum atomic E-state index is 5.27. The van der Waals surface area contributed by atoms with Crippen LogP contribution in [-0.2, 0) is 10.3 Å². The van der Waals surface area contributed by atoms with Gasteiger partial charge in [-0.05, 0) is 27.7 Å². The van der Waals surface area contributed by atoms with Crippen molar-refractivity contribution in [3.8, 4) is 0 Å². The normalized spacial score (nSPS) is 18.3. The Morgan fingerprint density at radius 3 is 2.50 bits per heavy atom. The zero-order chi connectivity index (χ0) is 17.3. The molecular formula is C17H28N6O. The van der Waals surface area contributed by atoms with Crippen LogP contribution in [0.4, 0.5) is 5.82 Å². The lowest BCUT2D eigenvalue weighted by atomic mass is 10.1. The van der Waals surface area contributed by atoms with E-state index >= 15 is 0 Å². The van der Waals surface area contributed by atoms with Crippen molar-refractivity contribution in [1.82, 2.24) is 24.6 Å². The minimum absolute atomic E-state index is 0.0956. The summed E-state index contributed by atoms with van der Waals surface area (Å²) in [5.41, 5.74) is 0.810. The van der Waals surface area contributed by atoms with Crippen LogP contribution in [0.2, 0.25) is 0 Å². The van der Waals surface area contributed by atoms with Gasteiger partial charge in [-0.2, -0.15) is 5.10 Å². The summed E-state index contributed by atoms with van der Waals surface area (Å²) >= 11 is 0. The molecule has 0 spiro atoms. The Hall–Kier alpha value is -1.73. The van der Waals surface area contributed by atoms with E-state index in [0.29, 0.717) is 6.04 Å². The van der Waals surface area contributed by atoms with Gasteiger partial charge in [0.1, 0.15) is 12.1 Å². The third-order valence-electron chi connectivity index (χ3n) is 4.63. The van der Waals surface area contributed by atoms with Gasteiger partial charge in [0.15, 0.2) is 5.65 Å². The predicted molar refractivity (Wildman–Crippen MR) is 95.4 cm³/mol. The number of methoxy groups -OCH3 is 1. The van der Waals surface area contributed by atoms with Crippen LogP contribution in [0.15, 0.2) is 12.5 Å². The monoisotopic (exact) mass is 332 g/mol. The molecule has 1 saturated heterocycles. The number of hydrogen-bond donors (Lipinski definition) is 0. The van der Waals surface area contributed by atoms with Gasteiger partial charge in [-0.1, -0.05) is 0 Å². The Morgan fingerprint density at radius 2 is 1.88 bits per heavy atom. The topological polar surface area (TPSA) is 59.3 Å². The largest absolute Gasteiger partial charge is 0.383 e. The lowest BCUT2D eigenvalue weighted by molar-refractivity contribution is 0.0952. The fourth-order valence-electron chi connectivity index (χ4n) is 3.30. The van der Waals surface area contributed by atoms with Crippen molar-refractivity contribution in [2.24, 2.45) is 0 Å². The molecule has 132 valence electrons. The van der Waals surface area contributed by atoms with Gasteiger partial charge < -0.3 is 9.64 Å². The van der Waals surface area contributed by atoms with Crippen LogP contribution in [0.3, 0.4) is 0 Å². The number of hydrogen-bond acceptors (Lipinski definition) is 6. The van der Waals surface area contributed by atoms with Gasteiger partial charge >= 0.3 is 0 Å². The standard InChI is InChI=1S/C17H28N6O/c1-13(11-24-5)21-6-8-22(9-7-21)15-14-10-20-23(17(2,3)4)16(14)19-12-18-15/h10,12-13H,6-9,11H2,1-5H3. The molecule has 0 saturated carbocycles. The third kappa shape index (κ3) is 3.23. The third-order valence-corrected chi connectivity index (χ3v) is 4.63. The van der Waals surface area contributed by atoms with Gasteiger partial charge in [-0.3, -0.25) is 4.90 Å². The van der Waals surface area contributed by atoms with E-state index in [1.807, 2.05) is 10.9 Å². The van der Waals surface area contributed by atoms with E-state index in [0.717, 1.165) is 49.6 Å². The maximum absolute atomic E-state index is 5.27. The van der Waals surface area contributed by atoms with Crippen molar-refractivity contribution < 1.29 is 4.74 Å². The van der Waals surface area contributed by atoms with Crippen molar-refractivity contribution in [2.45, 2.75) is 39.3 Å². The van der Waals surface area contributed by atoms with Crippen molar-refractivity contribution in [3.63, 3.8) is 0 Å². The van der Waals surface area contributed by atoms with E-state index in [1.54, 1.807) is 13.4 Å².